The Labute approximate surface area is 254 Å². The van der Waals surface area contributed by atoms with Gasteiger partial charge in [-0.05, 0) is 105 Å². The summed E-state index contributed by atoms with van der Waals surface area (Å²) in [5, 5.41) is 9.78. The van der Waals surface area contributed by atoms with Crippen LogP contribution in [0.25, 0.3) is 11.1 Å². The Morgan fingerprint density at radius 3 is 2.67 bits per heavy atom. The summed E-state index contributed by atoms with van der Waals surface area (Å²) in [6, 6.07) is 14.3. The lowest BCUT2D eigenvalue weighted by molar-refractivity contribution is -0.142. The van der Waals surface area contributed by atoms with Gasteiger partial charge in [0.2, 0.25) is 5.88 Å². The van der Waals surface area contributed by atoms with Crippen LogP contribution in [0, 0.1) is 17.7 Å². The van der Waals surface area contributed by atoms with E-state index in [1.54, 1.807) is 13.2 Å². The number of aryl methyl sites for hydroxylation is 1. The summed E-state index contributed by atoms with van der Waals surface area (Å²) in [5.74, 6) is 0.0956. The number of benzene rings is 2. The standard InChI is InChI=1S/C36H43FN2O4/c1-22(35(40)41)34(24-8-9-24)26-10-7-23-12-14-31(43-32(23)18-26)25-11-13-28(29-19-33(42-4)38-20-30(29)37)27(17-25)21-39-16-6-5-15-36(39,2)3/h7,10-11,13,17-20,22,24,31,34H,5-6,8-9,12,14-16,21H2,1-4H3,(H,40,41)/t22-,31-,34-/m0/s1. The zero-order valence-electron chi connectivity index (χ0n) is 25.7. The summed E-state index contributed by atoms with van der Waals surface area (Å²) in [5.41, 5.74) is 5.74. The molecule has 2 aliphatic heterocycles. The predicted molar refractivity (Wildman–Crippen MR) is 165 cm³/mol. The number of hydrogen-bond acceptors (Lipinski definition) is 5. The first-order chi connectivity index (χ1) is 20.6. The van der Waals surface area contributed by atoms with Crippen molar-refractivity contribution < 1.29 is 23.8 Å². The first-order valence-electron chi connectivity index (χ1n) is 15.7. The van der Waals surface area contributed by atoms with Gasteiger partial charge in [-0.15, -0.1) is 0 Å². The number of halogens is 1. The van der Waals surface area contributed by atoms with E-state index in [9.17, 15) is 9.90 Å². The third kappa shape index (κ3) is 6.14. The fourth-order valence-corrected chi connectivity index (χ4v) is 7.17. The van der Waals surface area contributed by atoms with Gasteiger partial charge in [0.15, 0.2) is 0 Å². The van der Waals surface area contributed by atoms with Gasteiger partial charge in [-0.3, -0.25) is 9.69 Å². The zero-order valence-corrected chi connectivity index (χ0v) is 25.7. The summed E-state index contributed by atoms with van der Waals surface area (Å²) in [7, 11) is 1.54. The van der Waals surface area contributed by atoms with Gasteiger partial charge in [-0.25, -0.2) is 9.37 Å². The molecule has 43 heavy (non-hydrogen) atoms. The van der Waals surface area contributed by atoms with Crippen LogP contribution in [-0.2, 0) is 17.8 Å². The number of carboxylic acid groups (broad SMARTS) is 1. The Morgan fingerprint density at radius 2 is 1.95 bits per heavy atom. The highest BCUT2D eigenvalue weighted by atomic mass is 19.1. The van der Waals surface area contributed by atoms with Gasteiger partial charge in [0.05, 0.1) is 19.2 Å². The summed E-state index contributed by atoms with van der Waals surface area (Å²) < 4.78 is 27.2. The average molecular weight is 587 g/mol. The summed E-state index contributed by atoms with van der Waals surface area (Å²) in [6.45, 7) is 8.13. The number of piperidine rings is 1. The lowest BCUT2D eigenvalue weighted by Crippen LogP contribution is -2.46. The molecule has 2 fully saturated rings. The molecule has 1 aromatic heterocycles. The predicted octanol–water partition coefficient (Wildman–Crippen LogP) is 7.94. The maximum Gasteiger partial charge on any atom is 0.306 e. The molecule has 2 aromatic carbocycles. The largest absolute Gasteiger partial charge is 0.485 e. The van der Waals surface area contributed by atoms with Crippen molar-refractivity contribution in [3.63, 3.8) is 0 Å². The number of aliphatic carboxylic acids is 1. The lowest BCUT2D eigenvalue weighted by atomic mass is 9.82. The Kier molecular flexibility index (Phi) is 8.20. The van der Waals surface area contributed by atoms with Crippen LogP contribution >= 0.6 is 0 Å². The Hall–Kier alpha value is -3.45. The molecule has 3 atom stereocenters. The molecular weight excluding hydrogens is 543 g/mol. The molecule has 7 heteroatoms. The van der Waals surface area contributed by atoms with Crippen molar-refractivity contribution in [1.29, 1.82) is 0 Å². The van der Waals surface area contributed by atoms with Gasteiger partial charge in [0.25, 0.3) is 0 Å². The van der Waals surface area contributed by atoms with Crippen LogP contribution in [-0.4, -0.2) is 40.2 Å². The lowest BCUT2D eigenvalue weighted by Gasteiger charge is -2.43. The first-order valence-corrected chi connectivity index (χ1v) is 15.7. The van der Waals surface area contributed by atoms with E-state index in [1.165, 1.54) is 12.6 Å². The molecule has 1 saturated carbocycles. The fraction of sp³-hybridized carbons (Fsp3) is 0.500. The molecule has 6 nitrogen and oxygen atoms in total. The second-order valence-corrected chi connectivity index (χ2v) is 13.3. The van der Waals surface area contributed by atoms with Crippen molar-refractivity contribution in [1.82, 2.24) is 9.88 Å². The number of pyridine rings is 1. The Morgan fingerprint density at radius 1 is 1.14 bits per heavy atom. The maximum absolute atomic E-state index is 15.2. The summed E-state index contributed by atoms with van der Waals surface area (Å²) >= 11 is 0. The van der Waals surface area contributed by atoms with Crippen LogP contribution < -0.4 is 9.47 Å². The fourth-order valence-electron chi connectivity index (χ4n) is 7.17. The van der Waals surface area contributed by atoms with Crippen molar-refractivity contribution >= 4 is 5.97 Å². The van der Waals surface area contributed by atoms with Crippen molar-refractivity contribution in [3.05, 3.63) is 76.7 Å². The van der Waals surface area contributed by atoms with Crippen molar-refractivity contribution in [3.8, 4) is 22.8 Å². The number of aromatic nitrogens is 1. The van der Waals surface area contributed by atoms with E-state index in [-0.39, 0.29) is 23.4 Å². The highest BCUT2D eigenvalue weighted by Gasteiger charge is 2.39. The minimum absolute atomic E-state index is 0.00203. The van der Waals surface area contributed by atoms with Crippen LogP contribution in [0.4, 0.5) is 4.39 Å². The minimum atomic E-state index is -0.749. The molecule has 0 bridgehead atoms. The SMILES string of the molecule is COc1cc(-c2ccc([C@@H]3CCc4ccc([C@H](C5CC5)[C@H](C)C(=O)O)cc4O3)cc2CN2CCCCC2(C)C)c(F)cn1. The van der Waals surface area contributed by atoms with E-state index in [1.807, 2.05) is 13.0 Å². The summed E-state index contributed by atoms with van der Waals surface area (Å²) in [4.78, 5) is 18.5. The maximum atomic E-state index is 15.2. The highest BCUT2D eigenvalue weighted by molar-refractivity contribution is 5.71. The van der Waals surface area contributed by atoms with Gasteiger partial charge in [-0.2, -0.15) is 0 Å². The van der Waals surface area contributed by atoms with E-state index >= 15 is 4.39 Å². The molecule has 1 N–H and O–H groups in total. The van der Waals surface area contributed by atoms with Crippen LogP contribution in [0.1, 0.15) is 93.6 Å². The number of ether oxygens (including phenoxy) is 2. The summed E-state index contributed by atoms with van der Waals surface area (Å²) in [6.07, 6.45) is 8.48. The molecule has 3 aromatic rings. The van der Waals surface area contributed by atoms with Crippen LogP contribution in [0.2, 0.25) is 0 Å². The number of nitrogens with zero attached hydrogens (tertiary/aromatic N) is 2. The normalized spacial score (nSPS) is 21.4. The topological polar surface area (TPSA) is 71.9 Å². The van der Waals surface area contributed by atoms with E-state index in [0.29, 0.717) is 23.9 Å². The van der Waals surface area contributed by atoms with Gasteiger partial charge in [-0.1, -0.05) is 43.7 Å². The number of hydrogen-bond donors (Lipinski definition) is 1. The molecule has 6 rings (SSSR count). The minimum Gasteiger partial charge on any atom is -0.485 e. The molecule has 0 unspecified atom stereocenters. The van der Waals surface area contributed by atoms with Crippen LogP contribution in [0.3, 0.4) is 0 Å². The second kappa shape index (κ2) is 11.9. The third-order valence-corrected chi connectivity index (χ3v) is 9.99. The van der Waals surface area contributed by atoms with Gasteiger partial charge in [0.1, 0.15) is 17.7 Å². The Balaban J connectivity index is 1.34. The van der Waals surface area contributed by atoms with E-state index in [2.05, 4.69) is 54.1 Å². The van der Waals surface area contributed by atoms with Crippen LogP contribution in [0.5, 0.6) is 11.6 Å². The quantitative estimate of drug-likeness (QED) is 0.274. The number of fused-ring (bicyclic) bond motifs is 1. The van der Waals surface area contributed by atoms with Gasteiger partial charge < -0.3 is 14.6 Å². The van der Waals surface area contributed by atoms with E-state index < -0.39 is 11.9 Å². The molecule has 0 spiro atoms. The number of rotatable bonds is 9. The molecule has 3 heterocycles. The van der Waals surface area contributed by atoms with Gasteiger partial charge in [0, 0.05) is 23.7 Å². The second-order valence-electron chi connectivity index (χ2n) is 13.3. The number of carbonyl (C=O) groups is 1. The molecule has 0 radical (unpaired) electrons. The number of methoxy groups -OCH3 is 1. The monoisotopic (exact) mass is 586 g/mol. The molecule has 1 aliphatic carbocycles. The number of likely N-dealkylation sites (tertiary alicyclic amines) is 1. The third-order valence-electron chi connectivity index (χ3n) is 9.99. The molecular formula is C36H43FN2O4. The molecule has 3 aliphatic rings. The highest BCUT2D eigenvalue weighted by Crippen LogP contribution is 2.48. The van der Waals surface area contributed by atoms with E-state index in [4.69, 9.17) is 9.47 Å². The van der Waals surface area contributed by atoms with E-state index in [0.717, 1.165) is 78.6 Å². The smallest absolute Gasteiger partial charge is 0.306 e. The average Bonchev–Trinajstić information content (AvgIpc) is 3.83. The van der Waals surface area contributed by atoms with Gasteiger partial charge >= 0.3 is 5.97 Å². The molecule has 0 amide bonds. The molecule has 228 valence electrons. The Bertz CT molecular complexity index is 1500. The van der Waals surface area contributed by atoms with Crippen molar-refractivity contribution in [2.24, 2.45) is 11.8 Å². The van der Waals surface area contributed by atoms with Crippen molar-refractivity contribution in [2.75, 3.05) is 13.7 Å². The number of carboxylic acids is 1. The molecule has 1 saturated heterocycles. The first kappa shape index (κ1) is 29.6. The zero-order chi connectivity index (χ0) is 30.3. The van der Waals surface area contributed by atoms with Crippen molar-refractivity contribution in [2.45, 2.75) is 89.8 Å². The van der Waals surface area contributed by atoms with Crippen LogP contribution in [0.15, 0.2) is 48.7 Å².